The first kappa shape index (κ1) is 24.3. The van der Waals surface area contributed by atoms with E-state index in [1.807, 2.05) is 30.3 Å². The van der Waals surface area contributed by atoms with Crippen LogP contribution in [0.3, 0.4) is 0 Å². The van der Waals surface area contributed by atoms with Gasteiger partial charge in [-0.1, -0.05) is 6.07 Å². The topological polar surface area (TPSA) is 140 Å². The number of rotatable bonds is 7. The van der Waals surface area contributed by atoms with E-state index in [4.69, 9.17) is 4.74 Å². The van der Waals surface area contributed by atoms with Crippen LogP contribution in [-0.2, 0) is 9.59 Å². The van der Waals surface area contributed by atoms with Crippen LogP contribution in [-0.4, -0.2) is 64.9 Å². The molecule has 10 nitrogen and oxygen atoms in total. The molecule has 0 radical (unpaired) electrons. The molecule has 0 bridgehead atoms. The van der Waals surface area contributed by atoms with Crippen molar-refractivity contribution in [2.24, 2.45) is 5.92 Å². The molecule has 5 rings (SSSR count). The van der Waals surface area contributed by atoms with Crippen molar-refractivity contribution in [2.75, 3.05) is 20.2 Å². The molecule has 0 saturated carbocycles. The van der Waals surface area contributed by atoms with Gasteiger partial charge in [-0.15, -0.1) is 0 Å². The molecule has 2 aliphatic rings. The van der Waals surface area contributed by atoms with Crippen LogP contribution in [0, 0.1) is 17.2 Å². The Kier molecular flexibility index (Phi) is 6.77. The third-order valence-electron chi connectivity index (χ3n) is 7.27. The van der Waals surface area contributed by atoms with E-state index in [0.29, 0.717) is 37.4 Å². The number of benzene rings is 1. The van der Waals surface area contributed by atoms with Crippen molar-refractivity contribution in [3.05, 3.63) is 60.0 Å². The van der Waals surface area contributed by atoms with Crippen molar-refractivity contribution < 1.29 is 19.1 Å². The molecule has 2 saturated heterocycles. The highest BCUT2D eigenvalue weighted by Crippen LogP contribution is 2.34. The van der Waals surface area contributed by atoms with Crippen LogP contribution in [0.5, 0.6) is 5.75 Å². The third-order valence-corrected chi connectivity index (χ3v) is 7.27. The maximum Gasteiger partial charge on any atom is 0.271 e. The summed E-state index contributed by atoms with van der Waals surface area (Å²) < 4.78 is 5.42. The number of hydrogen-bond acceptors (Lipinski definition) is 6. The van der Waals surface area contributed by atoms with Gasteiger partial charge in [0.15, 0.2) is 0 Å². The van der Waals surface area contributed by atoms with Gasteiger partial charge in [0.25, 0.3) is 5.91 Å². The van der Waals surface area contributed by atoms with Gasteiger partial charge in [-0.05, 0) is 55.2 Å². The quantitative estimate of drug-likeness (QED) is 0.454. The zero-order chi connectivity index (χ0) is 25.9. The largest absolute Gasteiger partial charge is 0.496 e. The molecule has 37 heavy (non-hydrogen) atoms. The average Bonchev–Trinajstić information content (AvgIpc) is 3.66. The van der Waals surface area contributed by atoms with E-state index < -0.39 is 18.0 Å². The van der Waals surface area contributed by atoms with Crippen molar-refractivity contribution in [1.29, 1.82) is 5.26 Å². The number of nitrogens with zero attached hydrogens (tertiary/aromatic N) is 3. The van der Waals surface area contributed by atoms with E-state index in [9.17, 15) is 19.6 Å². The Morgan fingerprint density at radius 1 is 1.30 bits per heavy atom. The van der Waals surface area contributed by atoms with E-state index in [1.165, 1.54) is 0 Å². The maximum atomic E-state index is 13.7. The number of amides is 3. The van der Waals surface area contributed by atoms with E-state index in [2.05, 4.69) is 26.7 Å². The zero-order valence-electron chi connectivity index (χ0n) is 20.4. The van der Waals surface area contributed by atoms with Gasteiger partial charge in [-0.25, -0.2) is 0 Å². The minimum atomic E-state index is -0.824. The van der Waals surface area contributed by atoms with Crippen molar-refractivity contribution in [3.63, 3.8) is 0 Å². The van der Waals surface area contributed by atoms with Crippen LogP contribution in [0.15, 0.2) is 48.8 Å². The standard InChI is InChI=1S/C27H28N6O4/c1-37-24-4-2-3-21-20(24)13-22(32-21)27(36)33-15-18(16-5-8-29-9-6-16)12-23(33)26(35)31-19(14-28)11-17-7-10-30-25(17)34/h2-6,8-9,13,17-19,23,32H,7,10-12,15H2,1H3,(H,30,34)(H,31,35)/t17-,18+,19-,23-/m0/s1. The fourth-order valence-corrected chi connectivity index (χ4v) is 5.33. The van der Waals surface area contributed by atoms with Gasteiger partial charge in [0.2, 0.25) is 11.8 Å². The fraction of sp³-hybridized carbons (Fsp3) is 0.370. The second-order valence-corrected chi connectivity index (χ2v) is 9.49. The summed E-state index contributed by atoms with van der Waals surface area (Å²) in [6.07, 6.45) is 4.67. The molecule has 0 unspecified atom stereocenters. The molecule has 3 aromatic rings. The van der Waals surface area contributed by atoms with Gasteiger partial charge in [0.05, 0.1) is 13.2 Å². The van der Waals surface area contributed by atoms with Crippen LogP contribution in [0.2, 0.25) is 0 Å². The van der Waals surface area contributed by atoms with Crippen molar-refractivity contribution in [2.45, 2.75) is 37.3 Å². The molecular formula is C27H28N6O4. The lowest BCUT2D eigenvalue weighted by Gasteiger charge is -2.25. The molecule has 3 N–H and O–H groups in total. The number of ether oxygens (including phenoxy) is 1. The fourth-order valence-electron chi connectivity index (χ4n) is 5.33. The van der Waals surface area contributed by atoms with Gasteiger partial charge < -0.3 is 25.3 Å². The van der Waals surface area contributed by atoms with Crippen molar-refractivity contribution in [3.8, 4) is 11.8 Å². The predicted molar refractivity (Wildman–Crippen MR) is 135 cm³/mol. The van der Waals surface area contributed by atoms with Crippen LogP contribution < -0.4 is 15.4 Å². The summed E-state index contributed by atoms with van der Waals surface area (Å²) >= 11 is 0. The highest BCUT2D eigenvalue weighted by atomic mass is 16.5. The molecule has 0 spiro atoms. The Bertz CT molecular complexity index is 1360. The smallest absolute Gasteiger partial charge is 0.271 e. The molecule has 3 amide bonds. The third kappa shape index (κ3) is 4.85. The number of nitrogens with one attached hydrogen (secondary N) is 3. The van der Waals surface area contributed by atoms with Gasteiger partial charge in [-0.3, -0.25) is 19.4 Å². The minimum absolute atomic E-state index is 0.0669. The lowest BCUT2D eigenvalue weighted by atomic mass is 9.96. The predicted octanol–water partition coefficient (Wildman–Crippen LogP) is 2.10. The first-order valence-electron chi connectivity index (χ1n) is 12.3. The van der Waals surface area contributed by atoms with E-state index in [0.717, 1.165) is 16.5 Å². The normalized spacial score (nSPS) is 21.9. The maximum absolute atomic E-state index is 13.7. The van der Waals surface area contributed by atoms with E-state index in [-0.39, 0.29) is 30.1 Å². The van der Waals surface area contributed by atoms with Gasteiger partial charge in [0.1, 0.15) is 23.5 Å². The summed E-state index contributed by atoms with van der Waals surface area (Å²) in [4.78, 5) is 48.0. The van der Waals surface area contributed by atoms with Crippen LogP contribution >= 0.6 is 0 Å². The number of carbonyl (C=O) groups is 3. The number of likely N-dealkylation sites (tertiary alicyclic amines) is 1. The van der Waals surface area contributed by atoms with E-state index in [1.54, 1.807) is 30.5 Å². The van der Waals surface area contributed by atoms with Crippen LogP contribution in [0.1, 0.15) is 41.2 Å². The summed E-state index contributed by atoms with van der Waals surface area (Å²) in [5, 5.41) is 16.0. The molecule has 0 aliphatic carbocycles. The molecule has 10 heteroatoms. The zero-order valence-corrected chi connectivity index (χ0v) is 20.4. The number of carbonyl (C=O) groups excluding carboxylic acids is 3. The number of H-pyrrole nitrogens is 1. The van der Waals surface area contributed by atoms with Crippen LogP contribution in [0.25, 0.3) is 10.9 Å². The Hall–Kier alpha value is -4.39. The minimum Gasteiger partial charge on any atom is -0.496 e. The lowest BCUT2D eigenvalue weighted by molar-refractivity contribution is -0.126. The molecule has 1 aromatic carbocycles. The summed E-state index contributed by atoms with van der Waals surface area (Å²) in [6, 6.07) is 11.5. The Morgan fingerprint density at radius 3 is 2.81 bits per heavy atom. The SMILES string of the molecule is COc1cccc2[nH]c(C(=O)N3C[C@H](c4ccncc4)C[C@H]3C(=O)N[C@H](C#N)C[C@@H]3CCNC3=O)cc12. The van der Waals surface area contributed by atoms with Gasteiger partial charge in [0, 0.05) is 48.2 Å². The molecule has 2 aromatic heterocycles. The monoisotopic (exact) mass is 500 g/mol. The first-order chi connectivity index (χ1) is 18.0. The molecule has 2 aliphatic heterocycles. The van der Waals surface area contributed by atoms with Crippen molar-refractivity contribution in [1.82, 2.24) is 25.5 Å². The molecule has 2 fully saturated rings. The van der Waals surface area contributed by atoms with Gasteiger partial charge in [-0.2, -0.15) is 5.26 Å². The Balaban J connectivity index is 1.40. The highest BCUT2D eigenvalue weighted by Gasteiger charge is 2.41. The number of aromatic amines is 1. The number of hydrogen-bond donors (Lipinski definition) is 3. The molecule has 4 heterocycles. The number of pyridine rings is 1. The second-order valence-electron chi connectivity index (χ2n) is 9.49. The van der Waals surface area contributed by atoms with Crippen molar-refractivity contribution >= 4 is 28.6 Å². The second kappa shape index (κ2) is 10.3. The number of aromatic nitrogens is 2. The van der Waals surface area contributed by atoms with E-state index >= 15 is 0 Å². The number of methoxy groups -OCH3 is 1. The summed E-state index contributed by atoms with van der Waals surface area (Å²) in [7, 11) is 1.57. The molecular weight excluding hydrogens is 472 g/mol. The lowest BCUT2D eigenvalue weighted by Crippen LogP contribution is -2.49. The van der Waals surface area contributed by atoms with Crippen LogP contribution in [0.4, 0.5) is 0 Å². The molecule has 4 atom stereocenters. The average molecular weight is 501 g/mol. The summed E-state index contributed by atoms with van der Waals surface area (Å²) in [5.41, 5.74) is 2.10. The highest BCUT2D eigenvalue weighted by molar-refractivity contribution is 6.02. The Morgan fingerprint density at radius 2 is 2.11 bits per heavy atom. The number of nitriles is 1. The summed E-state index contributed by atoms with van der Waals surface area (Å²) in [5.74, 6) is -0.535. The van der Waals surface area contributed by atoms with Gasteiger partial charge >= 0.3 is 0 Å². The first-order valence-corrected chi connectivity index (χ1v) is 12.3. The molecule has 190 valence electrons. The number of fused-ring (bicyclic) bond motifs is 1. The Labute approximate surface area is 214 Å². The summed E-state index contributed by atoms with van der Waals surface area (Å²) in [6.45, 7) is 0.916.